The van der Waals surface area contributed by atoms with E-state index in [0.717, 1.165) is 0 Å². The summed E-state index contributed by atoms with van der Waals surface area (Å²) in [5, 5.41) is 8.12. The van der Waals surface area contributed by atoms with Crippen LogP contribution in [0.1, 0.15) is 16.8 Å². The summed E-state index contributed by atoms with van der Waals surface area (Å²) in [7, 11) is 0. The van der Waals surface area contributed by atoms with Gasteiger partial charge in [-0.3, -0.25) is 4.79 Å². The minimum Gasteiger partial charge on any atom is -0.293 e. The first-order chi connectivity index (χ1) is 6.16. The summed E-state index contributed by atoms with van der Waals surface area (Å²) in [6.45, 7) is 0. The summed E-state index contributed by atoms with van der Waals surface area (Å²) in [5.41, 5.74) is -0.131. The van der Waals surface area contributed by atoms with Crippen molar-refractivity contribution < 1.29 is 9.18 Å². The molecule has 0 fully saturated rings. The zero-order valence-corrected chi connectivity index (χ0v) is 7.31. The molecule has 0 aliphatic heterocycles. The van der Waals surface area contributed by atoms with Crippen LogP contribution < -0.4 is 0 Å². The van der Waals surface area contributed by atoms with Gasteiger partial charge >= 0.3 is 0 Å². The van der Waals surface area contributed by atoms with Crippen molar-refractivity contribution in [2.75, 3.05) is 0 Å². The quantitative estimate of drug-likeness (QED) is 0.684. The average Bonchev–Trinajstić information content (AvgIpc) is 2.10. The number of benzene rings is 1. The van der Waals surface area contributed by atoms with Gasteiger partial charge in [0.1, 0.15) is 0 Å². The van der Waals surface area contributed by atoms with E-state index in [1.165, 1.54) is 18.2 Å². The number of nitriles is 1. The van der Waals surface area contributed by atoms with E-state index in [9.17, 15) is 9.18 Å². The second-order valence-electron chi connectivity index (χ2n) is 2.36. The minimum atomic E-state index is -0.760. The summed E-state index contributed by atoms with van der Waals surface area (Å²) in [6.07, 6.45) is -0.336. The van der Waals surface area contributed by atoms with Crippen LogP contribution in [0.25, 0.3) is 0 Å². The van der Waals surface area contributed by atoms with E-state index in [-0.39, 0.29) is 17.0 Å². The Morgan fingerprint density at radius 1 is 1.62 bits per heavy atom. The molecule has 4 heteroatoms. The third-order valence-corrected chi connectivity index (χ3v) is 1.78. The smallest absolute Gasteiger partial charge is 0.179 e. The first kappa shape index (κ1) is 9.69. The Balaban J connectivity index is 3.09. The number of rotatable bonds is 2. The largest absolute Gasteiger partial charge is 0.293 e. The Morgan fingerprint density at radius 3 is 2.92 bits per heavy atom. The summed E-state index contributed by atoms with van der Waals surface area (Å²) in [6, 6.07) is 5.78. The zero-order valence-electron chi connectivity index (χ0n) is 6.55. The fourth-order valence-electron chi connectivity index (χ4n) is 0.886. The molecular weight excluding hydrogens is 193 g/mol. The molecule has 0 unspecified atom stereocenters. The predicted octanol–water partition coefficient (Wildman–Crippen LogP) is 2.58. The predicted molar refractivity (Wildman–Crippen MR) is 46.0 cm³/mol. The molecule has 0 aliphatic carbocycles. The number of hydrogen-bond acceptors (Lipinski definition) is 2. The van der Waals surface area contributed by atoms with Crippen molar-refractivity contribution in [3.05, 3.63) is 34.6 Å². The fourth-order valence-corrected chi connectivity index (χ4v) is 1.06. The van der Waals surface area contributed by atoms with E-state index >= 15 is 0 Å². The standard InChI is InChI=1S/C9H5ClFNO/c10-7-3-1-2-6(9(7)11)8(13)4-5-12/h1-3H,4H2. The molecule has 0 radical (unpaired) electrons. The van der Waals surface area contributed by atoms with Gasteiger partial charge in [-0.25, -0.2) is 4.39 Å². The van der Waals surface area contributed by atoms with E-state index in [4.69, 9.17) is 16.9 Å². The Labute approximate surface area is 79.5 Å². The second kappa shape index (κ2) is 4.01. The normalized spacial score (nSPS) is 9.31. The maximum atomic E-state index is 13.1. The van der Waals surface area contributed by atoms with Gasteiger partial charge in [0.25, 0.3) is 0 Å². The zero-order chi connectivity index (χ0) is 9.84. The van der Waals surface area contributed by atoms with Crippen LogP contribution >= 0.6 is 11.6 Å². The van der Waals surface area contributed by atoms with E-state index < -0.39 is 11.6 Å². The Morgan fingerprint density at radius 2 is 2.31 bits per heavy atom. The molecule has 0 saturated heterocycles. The third-order valence-electron chi connectivity index (χ3n) is 1.49. The van der Waals surface area contributed by atoms with Crippen LogP contribution in [0.3, 0.4) is 0 Å². The van der Waals surface area contributed by atoms with Crippen molar-refractivity contribution >= 4 is 17.4 Å². The summed E-state index contributed by atoms with van der Waals surface area (Å²) in [4.78, 5) is 11.1. The molecule has 0 atom stereocenters. The van der Waals surface area contributed by atoms with E-state index in [1.807, 2.05) is 0 Å². The molecule has 0 bridgehead atoms. The highest BCUT2D eigenvalue weighted by Gasteiger charge is 2.12. The number of halogens is 2. The molecule has 1 aromatic rings. The molecule has 0 heterocycles. The van der Waals surface area contributed by atoms with Gasteiger partial charge in [0.05, 0.1) is 23.1 Å². The Bertz CT molecular complexity index is 384. The van der Waals surface area contributed by atoms with Crippen LogP contribution in [0.4, 0.5) is 4.39 Å². The number of ketones is 1. The lowest BCUT2D eigenvalue weighted by molar-refractivity contribution is 0.0994. The minimum absolute atomic E-state index is 0.108. The van der Waals surface area contributed by atoms with Crippen molar-refractivity contribution in [2.45, 2.75) is 6.42 Å². The van der Waals surface area contributed by atoms with E-state index in [0.29, 0.717) is 0 Å². The molecule has 1 rings (SSSR count). The summed E-state index contributed by atoms with van der Waals surface area (Å²) >= 11 is 5.45. The van der Waals surface area contributed by atoms with Crippen molar-refractivity contribution in [1.29, 1.82) is 5.26 Å². The molecule has 2 nitrogen and oxygen atoms in total. The van der Waals surface area contributed by atoms with Gasteiger partial charge in [0.15, 0.2) is 11.6 Å². The lowest BCUT2D eigenvalue weighted by atomic mass is 10.1. The van der Waals surface area contributed by atoms with Gasteiger partial charge in [-0.15, -0.1) is 0 Å². The van der Waals surface area contributed by atoms with Crippen molar-refractivity contribution in [3.8, 4) is 6.07 Å². The van der Waals surface area contributed by atoms with Crippen LogP contribution in [0.15, 0.2) is 18.2 Å². The highest BCUT2D eigenvalue weighted by atomic mass is 35.5. The van der Waals surface area contributed by atoms with Gasteiger partial charge < -0.3 is 0 Å². The summed E-state index contributed by atoms with van der Waals surface area (Å²) < 4.78 is 13.1. The van der Waals surface area contributed by atoms with Crippen molar-refractivity contribution in [3.63, 3.8) is 0 Å². The van der Waals surface area contributed by atoms with Crippen LogP contribution in [0.5, 0.6) is 0 Å². The second-order valence-corrected chi connectivity index (χ2v) is 2.77. The molecule has 0 saturated carbocycles. The topological polar surface area (TPSA) is 40.9 Å². The van der Waals surface area contributed by atoms with Crippen LogP contribution in [0.2, 0.25) is 5.02 Å². The highest BCUT2D eigenvalue weighted by molar-refractivity contribution is 6.31. The molecule has 0 N–H and O–H groups in total. The number of Topliss-reactive ketones (excluding diaryl/α,β-unsaturated/α-hetero) is 1. The van der Waals surface area contributed by atoms with Crippen LogP contribution in [0, 0.1) is 17.1 Å². The lowest BCUT2D eigenvalue weighted by Crippen LogP contribution is -2.01. The molecule has 13 heavy (non-hydrogen) atoms. The van der Waals surface area contributed by atoms with Gasteiger partial charge in [0.2, 0.25) is 0 Å². The van der Waals surface area contributed by atoms with E-state index in [1.54, 1.807) is 6.07 Å². The van der Waals surface area contributed by atoms with Crippen LogP contribution in [-0.2, 0) is 0 Å². The number of carbonyl (C=O) groups excluding carboxylic acids is 1. The van der Waals surface area contributed by atoms with Crippen molar-refractivity contribution in [1.82, 2.24) is 0 Å². The maximum absolute atomic E-state index is 13.1. The Kier molecular flexibility index (Phi) is 2.99. The average molecular weight is 198 g/mol. The fraction of sp³-hybridized carbons (Fsp3) is 0.111. The van der Waals surface area contributed by atoms with Gasteiger partial charge in [-0.2, -0.15) is 5.26 Å². The van der Waals surface area contributed by atoms with Gasteiger partial charge in [-0.05, 0) is 12.1 Å². The SMILES string of the molecule is N#CCC(=O)c1cccc(Cl)c1F. The van der Waals surface area contributed by atoms with Crippen molar-refractivity contribution in [2.24, 2.45) is 0 Å². The third kappa shape index (κ3) is 2.04. The monoisotopic (exact) mass is 197 g/mol. The number of carbonyl (C=O) groups is 1. The molecule has 0 aliphatic rings. The molecule has 1 aromatic carbocycles. The van der Waals surface area contributed by atoms with Gasteiger partial charge in [-0.1, -0.05) is 17.7 Å². The molecule has 0 amide bonds. The first-order valence-electron chi connectivity index (χ1n) is 3.51. The Hall–Kier alpha value is -1.40. The molecule has 0 spiro atoms. The summed E-state index contributed by atoms with van der Waals surface area (Å²) in [5.74, 6) is -1.31. The maximum Gasteiger partial charge on any atom is 0.179 e. The molecule has 66 valence electrons. The van der Waals surface area contributed by atoms with Gasteiger partial charge in [0, 0.05) is 0 Å². The first-order valence-corrected chi connectivity index (χ1v) is 3.88. The number of nitrogens with zero attached hydrogens (tertiary/aromatic N) is 1. The van der Waals surface area contributed by atoms with E-state index in [2.05, 4.69) is 0 Å². The molecule has 0 aromatic heterocycles. The number of hydrogen-bond donors (Lipinski definition) is 0. The lowest BCUT2D eigenvalue weighted by Gasteiger charge is -1.99. The van der Waals surface area contributed by atoms with Crippen LogP contribution in [-0.4, -0.2) is 5.78 Å². The molecular formula is C9H5ClFNO. The highest BCUT2D eigenvalue weighted by Crippen LogP contribution is 2.18.